The molecule has 1 aliphatic carbocycles. The number of hydrogen-bond acceptors (Lipinski definition) is 4. The first-order valence-corrected chi connectivity index (χ1v) is 7.44. The second kappa shape index (κ2) is 4.52. The normalized spacial score (nSPS) is 13.3. The van der Waals surface area contributed by atoms with Crippen LogP contribution in [0.4, 0.5) is 0 Å². The molecule has 23 heavy (non-hydrogen) atoms. The third-order valence-electron chi connectivity index (χ3n) is 4.41. The van der Waals surface area contributed by atoms with Crippen LogP contribution < -0.4 is 0 Å². The van der Waals surface area contributed by atoms with E-state index < -0.39 is 0 Å². The van der Waals surface area contributed by atoms with Crippen LogP contribution in [0.2, 0.25) is 0 Å². The first-order valence-electron chi connectivity index (χ1n) is 7.44. The number of benzene rings is 1. The molecule has 0 atom stereocenters. The minimum absolute atomic E-state index is 0.0718. The first kappa shape index (κ1) is 13.7. The van der Waals surface area contributed by atoms with Gasteiger partial charge in [0.05, 0.1) is 11.1 Å². The lowest BCUT2D eigenvalue weighted by Crippen LogP contribution is -2.25. The number of nitrogens with zero attached hydrogens (tertiary/aromatic N) is 2. The molecule has 0 fully saturated rings. The number of carbonyl (C=O) groups excluding carboxylic acids is 2. The molecule has 0 amide bonds. The van der Waals surface area contributed by atoms with Crippen molar-refractivity contribution in [2.45, 2.75) is 20.4 Å². The van der Waals surface area contributed by atoms with Crippen LogP contribution in [-0.2, 0) is 6.54 Å². The zero-order valence-electron chi connectivity index (χ0n) is 12.8. The largest absolute Gasteiger partial charge is 0.508 e. The van der Waals surface area contributed by atoms with Gasteiger partial charge in [-0.2, -0.15) is 0 Å². The monoisotopic (exact) mass is 306 g/mol. The highest BCUT2D eigenvalue weighted by Crippen LogP contribution is 2.36. The van der Waals surface area contributed by atoms with Crippen LogP contribution in [-0.4, -0.2) is 26.2 Å². The number of pyridine rings is 1. The molecule has 4 rings (SSSR count). The van der Waals surface area contributed by atoms with Crippen molar-refractivity contribution in [2.75, 3.05) is 0 Å². The number of carbonyl (C=O) groups is 2. The second-order valence-corrected chi connectivity index (χ2v) is 5.68. The second-order valence-electron chi connectivity index (χ2n) is 5.68. The van der Waals surface area contributed by atoms with E-state index in [9.17, 15) is 14.7 Å². The summed E-state index contributed by atoms with van der Waals surface area (Å²) in [5.74, 6) is -0.374. The van der Waals surface area contributed by atoms with Crippen LogP contribution in [0.5, 0.6) is 5.75 Å². The number of aryl methyl sites for hydroxylation is 2. The maximum Gasteiger partial charge on any atom is 0.229 e. The van der Waals surface area contributed by atoms with E-state index in [-0.39, 0.29) is 23.0 Å². The van der Waals surface area contributed by atoms with E-state index in [1.807, 2.05) is 11.5 Å². The minimum atomic E-state index is -0.240. The van der Waals surface area contributed by atoms with Gasteiger partial charge in [-0.1, -0.05) is 0 Å². The molecule has 0 unspecified atom stereocenters. The van der Waals surface area contributed by atoms with E-state index in [0.29, 0.717) is 28.8 Å². The average Bonchev–Trinajstić information content (AvgIpc) is 2.86. The van der Waals surface area contributed by atoms with Crippen LogP contribution in [0.15, 0.2) is 30.5 Å². The number of ketones is 2. The fourth-order valence-electron chi connectivity index (χ4n) is 3.39. The Balaban J connectivity index is 2.18. The lowest BCUT2D eigenvalue weighted by atomic mass is 9.87. The summed E-state index contributed by atoms with van der Waals surface area (Å²) in [6.45, 7) is 4.27. The molecular formula is C18H14N2O3. The minimum Gasteiger partial charge on any atom is -0.508 e. The molecule has 1 aromatic carbocycles. The molecule has 0 saturated carbocycles. The van der Waals surface area contributed by atoms with Gasteiger partial charge in [-0.25, -0.2) is 0 Å². The number of hydrogen-bond donors (Lipinski definition) is 1. The molecule has 5 heteroatoms. The van der Waals surface area contributed by atoms with Gasteiger partial charge in [-0.05, 0) is 43.7 Å². The molecule has 3 aromatic rings. The fraction of sp³-hybridized carbons (Fsp3) is 0.167. The van der Waals surface area contributed by atoms with Crippen LogP contribution >= 0.6 is 0 Å². The van der Waals surface area contributed by atoms with Gasteiger partial charge in [0.25, 0.3) is 0 Å². The summed E-state index contributed by atoms with van der Waals surface area (Å²) in [6.07, 6.45) is 1.55. The predicted octanol–water partition coefficient (Wildman–Crippen LogP) is 2.85. The number of aromatic hydroxyl groups is 1. The Labute approximate surface area is 132 Å². The maximum atomic E-state index is 13.0. The molecule has 0 aliphatic heterocycles. The zero-order chi connectivity index (χ0) is 16.3. The summed E-state index contributed by atoms with van der Waals surface area (Å²) >= 11 is 0. The molecular weight excluding hydrogens is 292 g/mol. The van der Waals surface area contributed by atoms with Gasteiger partial charge in [-0.15, -0.1) is 0 Å². The standard InChI is InChI=1S/C18H14N2O3/c1-3-20-12-5-4-10(21)8-11(12)14-16(20)18(23)15-13(17(14)22)9(2)6-7-19-15/h4-8,21H,3H2,1-2H3. The lowest BCUT2D eigenvalue weighted by molar-refractivity contribution is 0.0970. The number of phenols is 1. The molecule has 1 N–H and O–H groups in total. The maximum absolute atomic E-state index is 13.0. The summed E-state index contributed by atoms with van der Waals surface area (Å²) < 4.78 is 1.82. The van der Waals surface area contributed by atoms with E-state index in [1.165, 1.54) is 0 Å². The molecule has 1 aliphatic rings. The van der Waals surface area contributed by atoms with Crippen molar-refractivity contribution in [1.29, 1.82) is 0 Å². The molecule has 5 nitrogen and oxygen atoms in total. The lowest BCUT2D eigenvalue weighted by Gasteiger charge is -2.17. The van der Waals surface area contributed by atoms with Crippen LogP contribution in [0.25, 0.3) is 10.9 Å². The van der Waals surface area contributed by atoms with E-state index in [1.54, 1.807) is 37.4 Å². The van der Waals surface area contributed by atoms with Crippen molar-refractivity contribution in [3.05, 3.63) is 58.5 Å². The topological polar surface area (TPSA) is 72.2 Å². The van der Waals surface area contributed by atoms with Crippen molar-refractivity contribution >= 4 is 22.5 Å². The Morgan fingerprint density at radius 1 is 1.13 bits per heavy atom. The third-order valence-corrected chi connectivity index (χ3v) is 4.41. The van der Waals surface area contributed by atoms with Gasteiger partial charge in [0, 0.05) is 23.6 Å². The highest BCUT2D eigenvalue weighted by molar-refractivity contribution is 6.32. The SMILES string of the molecule is CCn1c2c(c3cc(O)ccc31)C(=O)c1c(C)ccnc1C2=O. The summed E-state index contributed by atoms with van der Waals surface area (Å²) in [5.41, 5.74) is 2.81. The first-order chi connectivity index (χ1) is 11.0. The van der Waals surface area contributed by atoms with E-state index >= 15 is 0 Å². The van der Waals surface area contributed by atoms with Crippen LogP contribution in [0, 0.1) is 6.92 Å². The Morgan fingerprint density at radius 2 is 1.91 bits per heavy atom. The van der Waals surface area contributed by atoms with Gasteiger partial charge in [0.2, 0.25) is 5.78 Å². The molecule has 0 saturated heterocycles. The van der Waals surface area contributed by atoms with Gasteiger partial charge in [0.15, 0.2) is 5.78 Å². The van der Waals surface area contributed by atoms with Gasteiger partial charge in [-0.3, -0.25) is 14.6 Å². The summed E-state index contributed by atoms with van der Waals surface area (Å²) in [6, 6.07) is 6.57. The predicted molar refractivity (Wildman–Crippen MR) is 85.1 cm³/mol. The van der Waals surface area contributed by atoms with Gasteiger partial charge in [0.1, 0.15) is 17.1 Å². The average molecular weight is 306 g/mol. The Morgan fingerprint density at radius 3 is 2.65 bits per heavy atom. The molecule has 2 aromatic heterocycles. The summed E-state index contributed by atoms with van der Waals surface area (Å²) in [7, 11) is 0. The van der Waals surface area contributed by atoms with Crippen molar-refractivity contribution in [2.24, 2.45) is 0 Å². The van der Waals surface area contributed by atoms with Crippen LogP contribution in [0.1, 0.15) is 44.6 Å². The fourth-order valence-corrected chi connectivity index (χ4v) is 3.39. The molecule has 114 valence electrons. The molecule has 0 bridgehead atoms. The Hall–Kier alpha value is -2.95. The Bertz CT molecular complexity index is 1010. The summed E-state index contributed by atoms with van der Waals surface area (Å²) in [4.78, 5) is 30.1. The van der Waals surface area contributed by atoms with Gasteiger partial charge >= 0.3 is 0 Å². The Kier molecular flexibility index (Phi) is 2.69. The highest BCUT2D eigenvalue weighted by Gasteiger charge is 2.37. The van der Waals surface area contributed by atoms with E-state index in [2.05, 4.69) is 4.98 Å². The number of fused-ring (bicyclic) bond motifs is 4. The van der Waals surface area contributed by atoms with Gasteiger partial charge < -0.3 is 9.67 Å². The van der Waals surface area contributed by atoms with Crippen molar-refractivity contribution in [3.63, 3.8) is 0 Å². The molecule has 0 spiro atoms. The molecule has 0 radical (unpaired) electrons. The van der Waals surface area contributed by atoms with Crippen molar-refractivity contribution in [1.82, 2.24) is 9.55 Å². The molecule has 2 heterocycles. The smallest absolute Gasteiger partial charge is 0.229 e. The van der Waals surface area contributed by atoms with E-state index in [4.69, 9.17) is 0 Å². The third kappa shape index (κ3) is 1.64. The number of rotatable bonds is 1. The summed E-state index contributed by atoms with van der Waals surface area (Å²) in [5, 5.41) is 10.4. The van der Waals surface area contributed by atoms with Crippen molar-refractivity contribution in [3.8, 4) is 5.75 Å². The van der Waals surface area contributed by atoms with Crippen LogP contribution in [0.3, 0.4) is 0 Å². The highest BCUT2D eigenvalue weighted by atomic mass is 16.3. The van der Waals surface area contributed by atoms with Crippen molar-refractivity contribution < 1.29 is 14.7 Å². The zero-order valence-corrected chi connectivity index (χ0v) is 12.8. The van der Waals surface area contributed by atoms with E-state index in [0.717, 1.165) is 11.1 Å². The number of phenolic OH excluding ortho intramolecular Hbond substituents is 1. The number of aromatic nitrogens is 2. The quantitative estimate of drug-likeness (QED) is 0.587.